The summed E-state index contributed by atoms with van der Waals surface area (Å²) >= 11 is 0. The summed E-state index contributed by atoms with van der Waals surface area (Å²) in [4.78, 5) is 23.9. The Kier molecular flexibility index (Phi) is 4.85. The van der Waals surface area contributed by atoms with E-state index >= 15 is 0 Å². The first-order valence-corrected chi connectivity index (χ1v) is 7.71. The highest BCUT2D eigenvalue weighted by molar-refractivity contribution is 6.05. The maximum absolute atomic E-state index is 12.4. The molecule has 3 aromatic rings. The number of aryl methyl sites for hydroxylation is 1. The Morgan fingerprint density at radius 2 is 2.04 bits per heavy atom. The van der Waals surface area contributed by atoms with E-state index in [1.54, 1.807) is 56.6 Å². The molecule has 2 aromatic carbocycles. The molecule has 1 aromatic heterocycles. The molecule has 1 amide bonds. The normalized spacial score (nSPS) is 10.8. The van der Waals surface area contributed by atoms with Crippen LogP contribution in [-0.2, 0) is 11.8 Å². The molecule has 0 unspecified atom stereocenters. The zero-order valence-electron chi connectivity index (χ0n) is 13.9. The minimum atomic E-state index is -0.445. The minimum Gasteiger partial charge on any atom is -0.491 e. The van der Waals surface area contributed by atoms with E-state index < -0.39 is 5.76 Å². The molecule has 0 aliphatic rings. The van der Waals surface area contributed by atoms with Crippen LogP contribution in [0, 0.1) is 0 Å². The number of hydrogen-bond acceptors (Lipinski definition) is 5. The second kappa shape index (κ2) is 7.23. The Labute approximate surface area is 143 Å². The molecule has 1 N–H and O–H groups in total. The molecule has 7 heteroatoms. The minimum absolute atomic E-state index is 0.283. The fraction of sp³-hybridized carbons (Fsp3) is 0.222. The van der Waals surface area contributed by atoms with Crippen molar-refractivity contribution >= 4 is 22.7 Å². The predicted molar refractivity (Wildman–Crippen MR) is 93.2 cm³/mol. The Morgan fingerprint density at radius 1 is 1.20 bits per heavy atom. The van der Waals surface area contributed by atoms with Gasteiger partial charge in [-0.3, -0.25) is 9.36 Å². The average Bonchev–Trinajstić information content (AvgIpc) is 2.89. The van der Waals surface area contributed by atoms with Crippen molar-refractivity contribution in [1.82, 2.24) is 4.57 Å². The number of nitrogens with zero attached hydrogens (tertiary/aromatic N) is 1. The van der Waals surface area contributed by atoms with Crippen molar-refractivity contribution in [2.24, 2.45) is 7.05 Å². The Bertz CT molecular complexity index is 957. The van der Waals surface area contributed by atoms with Crippen LogP contribution in [0.15, 0.2) is 51.7 Å². The summed E-state index contributed by atoms with van der Waals surface area (Å²) in [7, 11) is 3.22. The van der Waals surface area contributed by atoms with E-state index in [4.69, 9.17) is 13.9 Å². The summed E-state index contributed by atoms with van der Waals surface area (Å²) in [6, 6.07) is 11.9. The Balaban J connectivity index is 1.75. The third-order valence-corrected chi connectivity index (χ3v) is 3.70. The van der Waals surface area contributed by atoms with Crippen molar-refractivity contribution < 1.29 is 18.7 Å². The van der Waals surface area contributed by atoms with Gasteiger partial charge in [-0.1, -0.05) is 6.07 Å². The summed E-state index contributed by atoms with van der Waals surface area (Å²) in [5.41, 5.74) is 2.08. The smallest absolute Gasteiger partial charge is 0.419 e. The molecule has 0 atom stereocenters. The number of oxazole rings is 1. The summed E-state index contributed by atoms with van der Waals surface area (Å²) in [5, 5.41) is 2.78. The van der Waals surface area contributed by atoms with Gasteiger partial charge in [-0.2, -0.15) is 0 Å². The molecule has 0 saturated heterocycles. The van der Waals surface area contributed by atoms with E-state index in [0.717, 1.165) is 0 Å². The topological polar surface area (TPSA) is 82.7 Å². The summed E-state index contributed by atoms with van der Waals surface area (Å²) < 4.78 is 17.0. The first-order valence-electron chi connectivity index (χ1n) is 7.71. The fourth-order valence-corrected chi connectivity index (χ4v) is 2.38. The number of carbonyl (C=O) groups is 1. The van der Waals surface area contributed by atoms with Gasteiger partial charge in [0.05, 0.1) is 12.1 Å². The predicted octanol–water partition coefficient (Wildman–Crippen LogP) is 2.41. The first kappa shape index (κ1) is 16.8. The van der Waals surface area contributed by atoms with Gasteiger partial charge in [-0.25, -0.2) is 4.79 Å². The number of benzene rings is 2. The second-order valence-corrected chi connectivity index (χ2v) is 5.43. The van der Waals surface area contributed by atoms with E-state index in [1.165, 1.54) is 4.57 Å². The molecule has 25 heavy (non-hydrogen) atoms. The van der Waals surface area contributed by atoms with Crippen LogP contribution in [0.3, 0.4) is 0 Å². The summed E-state index contributed by atoms with van der Waals surface area (Å²) in [6.45, 7) is 0.879. The number of fused-ring (bicyclic) bond motifs is 1. The van der Waals surface area contributed by atoms with Crippen LogP contribution in [0.25, 0.3) is 11.1 Å². The van der Waals surface area contributed by atoms with E-state index in [-0.39, 0.29) is 5.91 Å². The van der Waals surface area contributed by atoms with Crippen LogP contribution in [-0.4, -0.2) is 30.8 Å². The van der Waals surface area contributed by atoms with Crippen LogP contribution in [0.5, 0.6) is 5.75 Å². The molecular formula is C18H18N2O5. The van der Waals surface area contributed by atoms with Crippen LogP contribution >= 0.6 is 0 Å². The number of nitrogens with one attached hydrogen (secondary N) is 1. The van der Waals surface area contributed by atoms with Crippen LogP contribution in [0.4, 0.5) is 5.69 Å². The zero-order chi connectivity index (χ0) is 17.8. The van der Waals surface area contributed by atoms with Crippen molar-refractivity contribution in [3.05, 3.63) is 58.6 Å². The number of rotatable bonds is 6. The molecule has 0 aliphatic heterocycles. The lowest BCUT2D eigenvalue weighted by Crippen LogP contribution is -2.12. The van der Waals surface area contributed by atoms with Gasteiger partial charge in [0, 0.05) is 31.5 Å². The Hall–Kier alpha value is -3.06. The fourth-order valence-electron chi connectivity index (χ4n) is 2.38. The molecule has 0 fully saturated rings. The van der Waals surface area contributed by atoms with E-state index in [9.17, 15) is 9.59 Å². The monoisotopic (exact) mass is 342 g/mol. The van der Waals surface area contributed by atoms with Gasteiger partial charge in [0.15, 0.2) is 5.58 Å². The molecule has 0 spiro atoms. The van der Waals surface area contributed by atoms with Gasteiger partial charge in [0.2, 0.25) is 0 Å². The number of carbonyl (C=O) groups excluding carboxylic acids is 1. The molecule has 0 saturated carbocycles. The summed E-state index contributed by atoms with van der Waals surface area (Å²) in [6.07, 6.45) is 0. The molecule has 0 aliphatic carbocycles. The Morgan fingerprint density at radius 3 is 2.84 bits per heavy atom. The van der Waals surface area contributed by atoms with Crippen LogP contribution in [0.1, 0.15) is 10.4 Å². The number of methoxy groups -OCH3 is 1. The number of anilines is 1. The van der Waals surface area contributed by atoms with Gasteiger partial charge < -0.3 is 19.2 Å². The number of amides is 1. The van der Waals surface area contributed by atoms with Crippen LogP contribution < -0.4 is 15.8 Å². The third kappa shape index (κ3) is 3.72. The maximum atomic E-state index is 12.4. The first-order chi connectivity index (χ1) is 12.1. The van der Waals surface area contributed by atoms with E-state index in [1.807, 2.05) is 0 Å². The number of hydrogen-bond donors (Lipinski definition) is 1. The quantitative estimate of drug-likeness (QED) is 0.696. The molecule has 0 radical (unpaired) electrons. The second-order valence-electron chi connectivity index (χ2n) is 5.43. The average molecular weight is 342 g/mol. The molecule has 7 nitrogen and oxygen atoms in total. The maximum Gasteiger partial charge on any atom is 0.419 e. The van der Waals surface area contributed by atoms with E-state index in [2.05, 4.69) is 5.32 Å². The number of aromatic nitrogens is 1. The highest BCUT2D eigenvalue weighted by Gasteiger charge is 2.10. The standard InChI is InChI=1S/C18H18N2O5/c1-20-15-7-6-13(11-16(15)25-18(20)22)19-17(21)12-4-3-5-14(10-12)24-9-8-23-2/h3-7,10-11H,8-9H2,1-2H3,(H,19,21). The molecule has 130 valence electrons. The van der Waals surface area contributed by atoms with Gasteiger partial charge in [0.1, 0.15) is 12.4 Å². The zero-order valence-corrected chi connectivity index (χ0v) is 13.9. The van der Waals surface area contributed by atoms with Crippen molar-refractivity contribution in [3.8, 4) is 5.75 Å². The van der Waals surface area contributed by atoms with Gasteiger partial charge in [0.25, 0.3) is 5.91 Å². The molecule has 0 bridgehead atoms. The molecule has 1 heterocycles. The highest BCUT2D eigenvalue weighted by atomic mass is 16.5. The van der Waals surface area contributed by atoms with Gasteiger partial charge in [-0.05, 0) is 30.3 Å². The lowest BCUT2D eigenvalue weighted by atomic mass is 10.2. The SMILES string of the molecule is COCCOc1cccc(C(=O)Nc2ccc3c(c2)oc(=O)n3C)c1. The van der Waals surface area contributed by atoms with Crippen molar-refractivity contribution in [3.63, 3.8) is 0 Å². The highest BCUT2D eigenvalue weighted by Crippen LogP contribution is 2.19. The van der Waals surface area contributed by atoms with Crippen molar-refractivity contribution in [2.75, 3.05) is 25.6 Å². The van der Waals surface area contributed by atoms with Crippen molar-refractivity contribution in [1.29, 1.82) is 0 Å². The van der Waals surface area contributed by atoms with E-state index in [0.29, 0.717) is 41.3 Å². The number of ether oxygens (including phenoxy) is 2. The van der Waals surface area contributed by atoms with Crippen LogP contribution in [0.2, 0.25) is 0 Å². The molecular weight excluding hydrogens is 324 g/mol. The lowest BCUT2D eigenvalue weighted by molar-refractivity contribution is 0.102. The van der Waals surface area contributed by atoms with Gasteiger partial charge in [-0.15, -0.1) is 0 Å². The third-order valence-electron chi connectivity index (χ3n) is 3.70. The summed E-state index contributed by atoms with van der Waals surface area (Å²) in [5.74, 6) is -0.136. The van der Waals surface area contributed by atoms with Gasteiger partial charge >= 0.3 is 5.76 Å². The largest absolute Gasteiger partial charge is 0.491 e. The molecule has 3 rings (SSSR count). The van der Waals surface area contributed by atoms with Crippen molar-refractivity contribution in [2.45, 2.75) is 0 Å². The lowest BCUT2D eigenvalue weighted by Gasteiger charge is -2.08.